The van der Waals surface area contributed by atoms with Crippen LogP contribution in [-0.4, -0.2) is 94.4 Å². The van der Waals surface area contributed by atoms with Gasteiger partial charge in [-0.05, 0) is 38.0 Å². The van der Waals surface area contributed by atoms with E-state index in [9.17, 15) is 14.4 Å². The molecule has 0 radical (unpaired) electrons. The average Bonchev–Trinajstić information content (AvgIpc) is 3.28. The van der Waals surface area contributed by atoms with E-state index in [0.29, 0.717) is 39.0 Å². The molecule has 1 aliphatic rings. The Labute approximate surface area is 223 Å². The lowest BCUT2D eigenvalue weighted by molar-refractivity contribution is -0.139. The Balaban J connectivity index is 1.42. The number of aromatic amines is 1. The highest BCUT2D eigenvalue weighted by molar-refractivity contribution is 5.85. The summed E-state index contributed by atoms with van der Waals surface area (Å²) in [4.78, 5) is 51.9. The fraction of sp³-hybridized carbons (Fsp3) is 0.448. The number of ether oxygens (including phenoxy) is 1. The molecule has 2 heterocycles. The number of carbonyl (C=O) groups excluding carboxylic acids is 3. The van der Waals surface area contributed by atoms with Crippen LogP contribution >= 0.6 is 0 Å². The molecular formula is C29H37N5O4. The van der Waals surface area contributed by atoms with E-state index < -0.39 is 6.10 Å². The number of rotatable bonds is 11. The molecule has 3 amide bonds. The smallest absolute Gasteiger partial charge is 0.248 e. The average molecular weight is 520 g/mol. The van der Waals surface area contributed by atoms with Crippen LogP contribution in [0.15, 0.2) is 54.6 Å². The normalized spacial score (nSPS) is 16.1. The second-order valence-corrected chi connectivity index (χ2v) is 9.55. The number of nitrogens with one attached hydrogen (secondary N) is 1. The highest BCUT2D eigenvalue weighted by Crippen LogP contribution is 2.15. The molecule has 9 heteroatoms. The van der Waals surface area contributed by atoms with Crippen molar-refractivity contribution in [3.05, 3.63) is 66.0 Å². The summed E-state index contributed by atoms with van der Waals surface area (Å²) in [6.45, 7) is 6.12. The Kier molecular flexibility index (Phi) is 9.48. The van der Waals surface area contributed by atoms with Crippen LogP contribution in [0.25, 0.3) is 11.0 Å². The molecule has 3 aromatic rings. The molecule has 1 fully saturated rings. The van der Waals surface area contributed by atoms with Gasteiger partial charge in [-0.1, -0.05) is 42.5 Å². The molecule has 38 heavy (non-hydrogen) atoms. The minimum atomic E-state index is -0.452. The first-order valence-electron chi connectivity index (χ1n) is 13.4. The van der Waals surface area contributed by atoms with Gasteiger partial charge in [0.1, 0.15) is 12.4 Å². The second kappa shape index (κ2) is 13.2. The van der Waals surface area contributed by atoms with Crippen molar-refractivity contribution in [1.82, 2.24) is 24.7 Å². The second-order valence-electron chi connectivity index (χ2n) is 9.55. The number of aromatic nitrogens is 2. The molecule has 0 bridgehead atoms. The number of aryl methyl sites for hydroxylation is 1. The van der Waals surface area contributed by atoms with E-state index in [1.54, 1.807) is 14.7 Å². The number of hydrogen-bond donors (Lipinski definition) is 1. The number of benzene rings is 2. The number of para-hydroxylation sites is 2. The minimum absolute atomic E-state index is 0.00238. The topological polar surface area (TPSA) is 98.8 Å². The third-order valence-electron chi connectivity index (χ3n) is 6.97. The van der Waals surface area contributed by atoms with Crippen LogP contribution in [0.2, 0.25) is 0 Å². The number of fused-ring (bicyclic) bond motifs is 1. The zero-order chi connectivity index (χ0) is 26.9. The number of imidazole rings is 1. The lowest BCUT2D eigenvalue weighted by Crippen LogP contribution is -2.41. The largest absolute Gasteiger partial charge is 0.365 e. The molecule has 0 spiro atoms. The van der Waals surface area contributed by atoms with Gasteiger partial charge in [-0.3, -0.25) is 14.4 Å². The Hall–Kier alpha value is -3.72. The molecule has 4 rings (SSSR count). The highest BCUT2D eigenvalue weighted by Gasteiger charge is 2.31. The van der Waals surface area contributed by atoms with E-state index in [1.807, 2.05) is 68.4 Å². The van der Waals surface area contributed by atoms with E-state index in [-0.39, 0.29) is 43.8 Å². The van der Waals surface area contributed by atoms with E-state index >= 15 is 0 Å². The van der Waals surface area contributed by atoms with Crippen molar-refractivity contribution in [3.8, 4) is 0 Å². The molecule has 1 saturated heterocycles. The van der Waals surface area contributed by atoms with Gasteiger partial charge in [-0.2, -0.15) is 0 Å². The first-order valence-corrected chi connectivity index (χ1v) is 13.4. The molecule has 1 aromatic heterocycles. The predicted molar refractivity (Wildman–Crippen MR) is 145 cm³/mol. The zero-order valence-corrected chi connectivity index (χ0v) is 22.3. The van der Waals surface area contributed by atoms with Crippen LogP contribution < -0.4 is 0 Å². The first kappa shape index (κ1) is 27.3. The van der Waals surface area contributed by atoms with Crippen LogP contribution in [0.4, 0.5) is 0 Å². The molecule has 1 atom stereocenters. The molecule has 9 nitrogen and oxygen atoms in total. The molecule has 1 N–H and O–H groups in total. The summed E-state index contributed by atoms with van der Waals surface area (Å²) in [6.07, 6.45) is 0.925. The molecule has 202 valence electrons. The lowest BCUT2D eigenvalue weighted by Gasteiger charge is -2.26. The van der Waals surface area contributed by atoms with Gasteiger partial charge in [0.2, 0.25) is 17.7 Å². The van der Waals surface area contributed by atoms with Gasteiger partial charge in [0.15, 0.2) is 0 Å². The van der Waals surface area contributed by atoms with Crippen molar-refractivity contribution in [3.63, 3.8) is 0 Å². The predicted octanol–water partition coefficient (Wildman–Crippen LogP) is 2.66. The lowest BCUT2D eigenvalue weighted by atomic mass is 10.1. The van der Waals surface area contributed by atoms with E-state index in [0.717, 1.165) is 22.4 Å². The van der Waals surface area contributed by atoms with Crippen LogP contribution in [0.3, 0.4) is 0 Å². The Morgan fingerprint density at radius 1 is 1.03 bits per heavy atom. The van der Waals surface area contributed by atoms with Gasteiger partial charge in [0.25, 0.3) is 0 Å². The van der Waals surface area contributed by atoms with Crippen molar-refractivity contribution in [2.24, 2.45) is 0 Å². The summed E-state index contributed by atoms with van der Waals surface area (Å²) in [5.74, 6) is 0.401. The molecule has 2 aromatic carbocycles. The van der Waals surface area contributed by atoms with Crippen LogP contribution in [0, 0.1) is 0 Å². The molecule has 0 saturated carbocycles. The maximum atomic E-state index is 13.2. The van der Waals surface area contributed by atoms with Crippen LogP contribution in [0.5, 0.6) is 0 Å². The van der Waals surface area contributed by atoms with Crippen molar-refractivity contribution in [1.29, 1.82) is 0 Å². The van der Waals surface area contributed by atoms with Gasteiger partial charge < -0.3 is 24.4 Å². The molecular weight excluding hydrogens is 482 g/mol. The summed E-state index contributed by atoms with van der Waals surface area (Å²) in [7, 11) is 0. The van der Waals surface area contributed by atoms with Crippen molar-refractivity contribution < 1.29 is 19.1 Å². The third kappa shape index (κ3) is 7.19. The number of likely N-dealkylation sites (N-methyl/N-ethyl adjacent to an activating group) is 1. The Morgan fingerprint density at radius 2 is 1.76 bits per heavy atom. The SMILES string of the molecule is CCN(CC)C(=O)COC1CN(CCc2ccccc2)C(=O)CN(C(=O)CCc2nc3ccccc3[nH]2)C1. The fourth-order valence-corrected chi connectivity index (χ4v) is 4.76. The van der Waals surface area contributed by atoms with Gasteiger partial charge in [0.05, 0.1) is 23.7 Å². The number of H-pyrrole nitrogens is 1. The summed E-state index contributed by atoms with van der Waals surface area (Å²) >= 11 is 0. The number of amides is 3. The molecule has 1 aliphatic heterocycles. The third-order valence-corrected chi connectivity index (χ3v) is 6.97. The number of hydrogen-bond acceptors (Lipinski definition) is 5. The summed E-state index contributed by atoms with van der Waals surface area (Å²) in [5.41, 5.74) is 2.93. The summed E-state index contributed by atoms with van der Waals surface area (Å²) in [6, 6.07) is 17.7. The maximum absolute atomic E-state index is 13.2. The van der Waals surface area contributed by atoms with Gasteiger partial charge in [0, 0.05) is 45.6 Å². The fourth-order valence-electron chi connectivity index (χ4n) is 4.76. The van der Waals surface area contributed by atoms with Crippen LogP contribution in [0.1, 0.15) is 31.7 Å². The maximum Gasteiger partial charge on any atom is 0.248 e. The summed E-state index contributed by atoms with van der Waals surface area (Å²) < 4.78 is 6.03. The van der Waals surface area contributed by atoms with Gasteiger partial charge in [-0.25, -0.2) is 4.98 Å². The Morgan fingerprint density at radius 3 is 2.50 bits per heavy atom. The number of carbonyl (C=O) groups is 3. The van der Waals surface area contributed by atoms with Gasteiger partial charge in [-0.15, -0.1) is 0 Å². The standard InChI is InChI=1S/C29H37N5O4/c1-3-32(4-2)29(37)21-38-23-18-33(17-16-22-10-6-5-7-11-22)28(36)20-34(19-23)27(35)15-14-26-30-24-12-8-9-13-25(24)31-26/h5-13,23H,3-4,14-21H2,1-2H3,(H,30,31). The van der Waals surface area contributed by atoms with E-state index in [4.69, 9.17) is 4.74 Å². The van der Waals surface area contributed by atoms with Crippen molar-refractivity contribution >= 4 is 28.8 Å². The molecule has 0 aliphatic carbocycles. The highest BCUT2D eigenvalue weighted by atomic mass is 16.5. The number of nitrogens with zero attached hydrogens (tertiary/aromatic N) is 4. The van der Waals surface area contributed by atoms with E-state index in [1.165, 1.54) is 0 Å². The van der Waals surface area contributed by atoms with Gasteiger partial charge >= 0.3 is 0 Å². The van der Waals surface area contributed by atoms with E-state index in [2.05, 4.69) is 9.97 Å². The van der Waals surface area contributed by atoms with Crippen molar-refractivity contribution in [2.75, 3.05) is 45.9 Å². The summed E-state index contributed by atoms with van der Waals surface area (Å²) in [5, 5.41) is 0. The van der Waals surface area contributed by atoms with Crippen molar-refractivity contribution in [2.45, 2.75) is 39.2 Å². The quantitative estimate of drug-likeness (QED) is 0.420. The Bertz CT molecular complexity index is 1190. The monoisotopic (exact) mass is 519 g/mol. The molecule has 1 unspecified atom stereocenters. The minimum Gasteiger partial charge on any atom is -0.365 e. The zero-order valence-electron chi connectivity index (χ0n) is 22.3. The first-order chi connectivity index (χ1) is 18.5. The van der Waals surface area contributed by atoms with Crippen LogP contribution in [-0.2, 0) is 32.0 Å².